The second-order valence-corrected chi connectivity index (χ2v) is 22.4. The van der Waals surface area contributed by atoms with Gasteiger partial charge in [-0.05, 0) is 104 Å². The Bertz CT molecular complexity index is 5350. The Balaban J connectivity index is 0.798. The molecule has 0 saturated carbocycles. The lowest BCUT2D eigenvalue weighted by Crippen LogP contribution is -2.09. The maximum Gasteiger partial charge on any atom is 0.137 e. The zero-order chi connectivity index (χ0) is 52.0. The number of hydrogen-bond donors (Lipinski definition) is 0. The van der Waals surface area contributed by atoms with Crippen LogP contribution >= 0.6 is 22.7 Å². The van der Waals surface area contributed by atoms with E-state index in [9.17, 15) is 0 Å². The van der Waals surface area contributed by atoms with Gasteiger partial charge in [-0.25, -0.2) is 0 Å². The summed E-state index contributed by atoms with van der Waals surface area (Å²) < 4.78 is 30.9. The third kappa shape index (κ3) is 6.62. The maximum atomic E-state index is 6.49. The van der Waals surface area contributed by atoms with Crippen LogP contribution in [0.1, 0.15) is 18.2 Å². The van der Waals surface area contributed by atoms with Crippen LogP contribution in [0.25, 0.3) is 140 Å². The minimum absolute atomic E-state index is 0.796. The van der Waals surface area contributed by atoms with Gasteiger partial charge in [-0.3, -0.25) is 0 Å². The Kier molecular flexibility index (Phi) is 9.43. The topological polar surface area (TPSA) is 59.0 Å². The average Bonchev–Trinajstić information content (AvgIpc) is 4.44. The van der Waals surface area contributed by atoms with Gasteiger partial charge in [0.25, 0.3) is 0 Å². The summed E-state index contributed by atoms with van der Waals surface area (Å²) in [4.78, 5) is 4.63. The molecule has 6 nitrogen and oxygen atoms in total. The van der Waals surface area contributed by atoms with E-state index in [0.29, 0.717) is 0 Å². The third-order valence-corrected chi connectivity index (χ3v) is 18.3. The molecule has 79 heavy (non-hydrogen) atoms. The van der Waals surface area contributed by atoms with Crippen LogP contribution in [-0.4, -0.2) is 0 Å². The zero-order valence-corrected chi connectivity index (χ0v) is 44.0. The highest BCUT2D eigenvalue weighted by Gasteiger charge is 2.23. The second kappa shape index (κ2) is 16.8. The first-order valence-corrected chi connectivity index (χ1v) is 28.1. The van der Waals surface area contributed by atoms with E-state index in [1.54, 1.807) is 0 Å². The molecule has 0 aliphatic rings. The number of furan rings is 4. The first-order valence-electron chi connectivity index (χ1n) is 26.4. The number of para-hydroxylation sites is 3. The SMILES string of the molecule is C=Cc1c(/C=C\C)oc2cc(N(c3ccc4c(c3)oc3ccccc34)c3ccc4c(c3)sc3c4ccc4c3ccc3c5ccc(N(c6ccc7c(c6)oc6ccccc67)c6ccc7c(c6)oc6ccccc67)cc5sc34)ccc12. The minimum Gasteiger partial charge on any atom is -0.456 e. The summed E-state index contributed by atoms with van der Waals surface area (Å²) in [6, 6.07) is 73.9. The minimum atomic E-state index is 0.796. The standard InChI is InChI=1S/C71H42N2O4S2/c1-3-11-60-46(4-2)50-24-18-40(34-64(50)74-60)72(41-19-25-51-47-12-5-8-15-61(47)75-65(51)35-41)44-22-28-54-56-30-32-59-58(70(56)78-68(54)38-44)33-31-57-55-29-23-45(39-69(55)79-71(57)59)73(42-20-26-52-48-13-6-9-16-62(48)76-66(52)36-42)43-21-27-53-49-14-7-10-17-63(49)77-67(53)37-43/h3-39H,2H2,1H3/b11-3-. The van der Waals surface area contributed by atoms with Crippen LogP contribution in [0.2, 0.25) is 0 Å². The number of nitrogens with zero attached hydrogens (tertiary/aromatic N) is 2. The molecule has 0 radical (unpaired) electrons. The summed E-state index contributed by atoms with van der Waals surface area (Å²) in [5, 5.41) is 15.1. The second-order valence-electron chi connectivity index (χ2n) is 20.3. The molecule has 372 valence electrons. The summed E-state index contributed by atoms with van der Waals surface area (Å²) in [5.41, 5.74) is 13.0. The van der Waals surface area contributed by atoms with Gasteiger partial charge in [0.2, 0.25) is 0 Å². The molecule has 11 aromatic carbocycles. The van der Waals surface area contributed by atoms with Gasteiger partial charge in [0.05, 0.1) is 0 Å². The molecule has 0 amide bonds. The Hall–Kier alpha value is -9.86. The first kappa shape index (κ1) is 44.3. The molecule has 17 rings (SSSR count). The lowest BCUT2D eigenvalue weighted by atomic mass is 10.0. The van der Waals surface area contributed by atoms with Crippen molar-refractivity contribution in [2.24, 2.45) is 0 Å². The van der Waals surface area contributed by atoms with E-state index in [1.807, 2.05) is 84.2 Å². The van der Waals surface area contributed by atoms with Crippen LogP contribution in [0, 0.1) is 0 Å². The van der Waals surface area contributed by atoms with Crippen molar-refractivity contribution in [1.29, 1.82) is 0 Å². The molecule has 6 heterocycles. The highest BCUT2D eigenvalue weighted by atomic mass is 32.1. The molecule has 0 saturated heterocycles. The molecule has 0 fully saturated rings. The average molecular weight is 1050 g/mol. The highest BCUT2D eigenvalue weighted by molar-refractivity contribution is 7.28. The van der Waals surface area contributed by atoms with Crippen molar-refractivity contribution in [1.82, 2.24) is 0 Å². The van der Waals surface area contributed by atoms with Gasteiger partial charge in [0.1, 0.15) is 44.8 Å². The van der Waals surface area contributed by atoms with E-state index in [1.165, 1.54) is 51.1 Å². The van der Waals surface area contributed by atoms with E-state index < -0.39 is 0 Å². The van der Waals surface area contributed by atoms with Crippen molar-refractivity contribution in [3.8, 4) is 0 Å². The summed E-state index contributed by atoms with van der Waals surface area (Å²) >= 11 is 3.72. The van der Waals surface area contributed by atoms with E-state index in [4.69, 9.17) is 17.7 Å². The maximum absolute atomic E-state index is 6.49. The molecule has 0 spiro atoms. The summed E-state index contributed by atoms with van der Waals surface area (Å²) in [5.74, 6) is 0.796. The molecular weight excluding hydrogens is 1010 g/mol. The normalized spacial score (nSPS) is 12.4. The zero-order valence-electron chi connectivity index (χ0n) is 42.4. The Labute approximate surface area is 458 Å². The van der Waals surface area contributed by atoms with Crippen LogP contribution in [0.3, 0.4) is 0 Å². The third-order valence-electron chi connectivity index (χ3n) is 15.9. The predicted octanol–water partition coefficient (Wildman–Crippen LogP) is 22.6. The van der Waals surface area contributed by atoms with E-state index in [2.05, 4.69) is 186 Å². The monoisotopic (exact) mass is 1050 g/mol. The van der Waals surface area contributed by atoms with Crippen LogP contribution < -0.4 is 9.80 Å². The van der Waals surface area contributed by atoms with Crippen LogP contribution in [0.5, 0.6) is 0 Å². The van der Waals surface area contributed by atoms with Crippen LogP contribution in [0.4, 0.5) is 34.1 Å². The van der Waals surface area contributed by atoms with Crippen molar-refractivity contribution in [3.05, 3.63) is 230 Å². The number of rotatable bonds is 8. The molecular formula is C71H42N2O4S2. The summed E-state index contributed by atoms with van der Waals surface area (Å²) in [7, 11) is 0. The molecule has 0 aliphatic carbocycles. The Morgan fingerprint density at radius 3 is 1.04 bits per heavy atom. The number of hydrogen-bond acceptors (Lipinski definition) is 8. The van der Waals surface area contributed by atoms with Gasteiger partial charge in [0, 0.05) is 153 Å². The fourth-order valence-corrected chi connectivity index (χ4v) is 14.9. The quantitative estimate of drug-likeness (QED) is 0.151. The number of allylic oxidation sites excluding steroid dienone is 1. The van der Waals surface area contributed by atoms with Crippen molar-refractivity contribution < 1.29 is 17.7 Å². The molecule has 0 N–H and O–H groups in total. The molecule has 0 unspecified atom stereocenters. The fourth-order valence-electron chi connectivity index (χ4n) is 12.3. The lowest BCUT2D eigenvalue weighted by molar-refractivity contribution is 0.603. The molecule has 8 heteroatoms. The number of thiophene rings is 2. The smallest absolute Gasteiger partial charge is 0.137 e. The molecule has 6 aromatic heterocycles. The summed E-state index contributed by atoms with van der Waals surface area (Å²) in [6.45, 7) is 6.12. The van der Waals surface area contributed by atoms with Crippen molar-refractivity contribution >= 4 is 197 Å². The lowest BCUT2D eigenvalue weighted by Gasteiger charge is -2.25. The number of fused-ring (bicyclic) bond motifs is 19. The van der Waals surface area contributed by atoms with Crippen LogP contribution in [-0.2, 0) is 0 Å². The van der Waals surface area contributed by atoms with E-state index in [0.717, 1.165) is 122 Å². The van der Waals surface area contributed by atoms with Gasteiger partial charge in [-0.15, -0.1) is 22.7 Å². The van der Waals surface area contributed by atoms with Crippen molar-refractivity contribution in [2.75, 3.05) is 9.80 Å². The Morgan fingerprint density at radius 2 is 0.646 bits per heavy atom. The molecule has 0 aliphatic heterocycles. The first-order chi connectivity index (χ1) is 39.0. The molecule has 17 aromatic rings. The molecule has 0 bridgehead atoms. The largest absolute Gasteiger partial charge is 0.456 e. The van der Waals surface area contributed by atoms with Gasteiger partial charge in [0.15, 0.2) is 0 Å². The van der Waals surface area contributed by atoms with E-state index >= 15 is 0 Å². The molecule has 0 atom stereocenters. The van der Waals surface area contributed by atoms with Crippen molar-refractivity contribution in [3.63, 3.8) is 0 Å². The van der Waals surface area contributed by atoms with Gasteiger partial charge in [-0.2, -0.15) is 0 Å². The van der Waals surface area contributed by atoms with Gasteiger partial charge >= 0.3 is 0 Å². The van der Waals surface area contributed by atoms with E-state index in [-0.39, 0.29) is 0 Å². The number of benzene rings is 11. The van der Waals surface area contributed by atoms with Gasteiger partial charge in [-0.1, -0.05) is 110 Å². The van der Waals surface area contributed by atoms with Crippen molar-refractivity contribution in [2.45, 2.75) is 6.92 Å². The highest BCUT2D eigenvalue weighted by Crippen LogP contribution is 2.49. The summed E-state index contributed by atoms with van der Waals surface area (Å²) in [6.07, 6.45) is 5.87. The van der Waals surface area contributed by atoms with Gasteiger partial charge < -0.3 is 27.5 Å². The fraction of sp³-hybridized carbons (Fsp3) is 0.0141. The van der Waals surface area contributed by atoms with Crippen LogP contribution in [0.15, 0.2) is 237 Å². The predicted molar refractivity (Wildman–Crippen MR) is 335 cm³/mol. The number of anilines is 6. The Morgan fingerprint density at radius 1 is 0.329 bits per heavy atom.